The molecule has 0 aliphatic carbocycles. The summed E-state index contributed by atoms with van der Waals surface area (Å²) < 4.78 is 6.76. The molecule has 152 valence electrons. The van der Waals surface area contributed by atoms with E-state index in [-0.39, 0.29) is 11.7 Å². The minimum atomic E-state index is -0.621. The van der Waals surface area contributed by atoms with E-state index in [9.17, 15) is 14.9 Å². The summed E-state index contributed by atoms with van der Waals surface area (Å²) in [5.74, 6) is 0.501. The van der Waals surface area contributed by atoms with Crippen LogP contribution in [0.25, 0.3) is 11.2 Å². The van der Waals surface area contributed by atoms with Crippen molar-refractivity contribution in [2.24, 2.45) is 0 Å². The Morgan fingerprint density at radius 1 is 1.34 bits per heavy atom. The van der Waals surface area contributed by atoms with Gasteiger partial charge in [-0.05, 0) is 45.7 Å². The van der Waals surface area contributed by atoms with Gasteiger partial charge in [-0.25, -0.2) is 19.3 Å². The molecular formula is C20H23N5O4. The molecule has 0 saturated carbocycles. The SMILES string of the molecule is Cc1cn(C(=O)OC(C)(C)C)c2ncc(N[C@@H](C)c3cccc([N+](=O)[O-])c3)nc12. The van der Waals surface area contributed by atoms with Crippen LogP contribution in [-0.4, -0.2) is 31.2 Å². The van der Waals surface area contributed by atoms with Crippen molar-refractivity contribution < 1.29 is 14.5 Å². The first-order valence-corrected chi connectivity index (χ1v) is 9.14. The summed E-state index contributed by atoms with van der Waals surface area (Å²) in [6, 6.07) is 6.19. The number of nitrogens with zero attached hydrogens (tertiary/aromatic N) is 4. The average Bonchev–Trinajstić information content (AvgIpc) is 2.97. The smallest absolute Gasteiger partial charge is 0.420 e. The zero-order valence-electron chi connectivity index (χ0n) is 17.0. The van der Waals surface area contributed by atoms with Gasteiger partial charge in [0.2, 0.25) is 0 Å². The summed E-state index contributed by atoms with van der Waals surface area (Å²) >= 11 is 0. The highest BCUT2D eigenvalue weighted by Crippen LogP contribution is 2.24. The molecule has 0 fully saturated rings. The summed E-state index contributed by atoms with van der Waals surface area (Å²) in [6.45, 7) is 9.11. The first-order valence-electron chi connectivity index (χ1n) is 9.14. The summed E-state index contributed by atoms with van der Waals surface area (Å²) in [6.07, 6.45) is 2.65. The fraction of sp³-hybridized carbons (Fsp3) is 0.350. The van der Waals surface area contributed by atoms with Gasteiger partial charge in [0.05, 0.1) is 17.2 Å². The third kappa shape index (κ3) is 4.50. The van der Waals surface area contributed by atoms with Crippen molar-refractivity contribution in [2.45, 2.75) is 46.3 Å². The predicted octanol–water partition coefficient (Wildman–Crippen LogP) is 4.60. The number of rotatable bonds is 4. The number of fused-ring (bicyclic) bond motifs is 1. The molecule has 1 N–H and O–H groups in total. The molecule has 0 amide bonds. The molecule has 1 atom stereocenters. The Kier molecular flexibility index (Phi) is 5.23. The fourth-order valence-electron chi connectivity index (χ4n) is 2.87. The molecule has 3 rings (SSSR count). The molecule has 0 saturated heterocycles. The zero-order valence-corrected chi connectivity index (χ0v) is 17.0. The highest BCUT2D eigenvalue weighted by atomic mass is 16.6. The zero-order chi connectivity index (χ0) is 21.3. The van der Waals surface area contributed by atoms with Crippen molar-refractivity contribution in [3.8, 4) is 0 Å². The second kappa shape index (κ2) is 7.50. The van der Waals surface area contributed by atoms with Gasteiger partial charge in [0.1, 0.15) is 16.9 Å². The highest BCUT2D eigenvalue weighted by Gasteiger charge is 2.21. The van der Waals surface area contributed by atoms with Gasteiger partial charge in [-0.15, -0.1) is 0 Å². The molecule has 1 aromatic carbocycles. The van der Waals surface area contributed by atoms with Crippen LogP contribution in [0, 0.1) is 17.0 Å². The summed E-state index contributed by atoms with van der Waals surface area (Å²) in [5, 5.41) is 14.2. The van der Waals surface area contributed by atoms with Crippen LogP contribution in [0.1, 0.15) is 44.9 Å². The molecular weight excluding hydrogens is 374 g/mol. The van der Waals surface area contributed by atoms with E-state index in [0.29, 0.717) is 17.0 Å². The van der Waals surface area contributed by atoms with Crippen LogP contribution >= 0.6 is 0 Å². The quantitative estimate of drug-likeness (QED) is 0.505. The van der Waals surface area contributed by atoms with Gasteiger partial charge in [-0.2, -0.15) is 0 Å². The molecule has 0 radical (unpaired) electrons. The Morgan fingerprint density at radius 2 is 2.07 bits per heavy atom. The monoisotopic (exact) mass is 397 g/mol. The van der Waals surface area contributed by atoms with Crippen molar-refractivity contribution in [3.05, 3.63) is 57.9 Å². The van der Waals surface area contributed by atoms with Crippen LogP contribution in [-0.2, 0) is 4.74 Å². The van der Waals surface area contributed by atoms with Crippen LogP contribution in [0.5, 0.6) is 0 Å². The maximum atomic E-state index is 12.4. The number of benzene rings is 1. The Hall–Kier alpha value is -3.49. The Balaban J connectivity index is 1.87. The topological polar surface area (TPSA) is 112 Å². The number of aryl methyl sites for hydroxylation is 1. The number of non-ortho nitro benzene ring substituents is 1. The Labute approximate surface area is 167 Å². The third-order valence-electron chi connectivity index (χ3n) is 4.21. The number of ether oxygens (including phenoxy) is 1. The Bertz CT molecular complexity index is 1080. The summed E-state index contributed by atoms with van der Waals surface area (Å²) in [4.78, 5) is 31.9. The molecule has 0 aliphatic heterocycles. The number of hydrogen-bond acceptors (Lipinski definition) is 7. The molecule has 3 aromatic rings. The maximum absolute atomic E-state index is 12.4. The van der Waals surface area contributed by atoms with E-state index in [0.717, 1.165) is 11.1 Å². The van der Waals surface area contributed by atoms with Crippen LogP contribution in [0.2, 0.25) is 0 Å². The molecule has 0 unspecified atom stereocenters. The fourth-order valence-corrected chi connectivity index (χ4v) is 2.87. The van der Waals surface area contributed by atoms with E-state index >= 15 is 0 Å². The lowest BCUT2D eigenvalue weighted by Crippen LogP contribution is -2.26. The first kappa shape index (κ1) is 20.2. The lowest BCUT2D eigenvalue weighted by atomic mass is 10.1. The Morgan fingerprint density at radius 3 is 2.72 bits per heavy atom. The molecule has 9 nitrogen and oxygen atoms in total. The number of nitrogens with one attached hydrogen (secondary N) is 1. The highest BCUT2D eigenvalue weighted by molar-refractivity contribution is 5.87. The molecule has 0 bridgehead atoms. The van der Waals surface area contributed by atoms with Crippen LogP contribution < -0.4 is 5.32 Å². The van der Waals surface area contributed by atoms with Gasteiger partial charge in [0.25, 0.3) is 5.69 Å². The van der Waals surface area contributed by atoms with Gasteiger partial charge in [0, 0.05) is 18.3 Å². The number of nitro benzene ring substituents is 1. The van der Waals surface area contributed by atoms with Gasteiger partial charge in [0.15, 0.2) is 5.65 Å². The van der Waals surface area contributed by atoms with E-state index in [1.807, 2.05) is 13.8 Å². The molecule has 2 heterocycles. The third-order valence-corrected chi connectivity index (χ3v) is 4.21. The van der Waals surface area contributed by atoms with Crippen molar-refractivity contribution in [3.63, 3.8) is 0 Å². The number of carbonyl (C=O) groups excluding carboxylic acids is 1. The number of nitro groups is 1. The van der Waals surface area contributed by atoms with Crippen LogP contribution in [0.3, 0.4) is 0 Å². The lowest BCUT2D eigenvalue weighted by Gasteiger charge is -2.19. The molecule has 29 heavy (non-hydrogen) atoms. The van der Waals surface area contributed by atoms with Crippen LogP contribution in [0.4, 0.5) is 16.3 Å². The molecule has 0 spiro atoms. The predicted molar refractivity (Wildman–Crippen MR) is 109 cm³/mol. The van der Waals surface area contributed by atoms with Gasteiger partial charge in [-0.1, -0.05) is 12.1 Å². The molecule has 2 aromatic heterocycles. The van der Waals surface area contributed by atoms with Crippen molar-refractivity contribution >= 4 is 28.8 Å². The van der Waals surface area contributed by atoms with E-state index in [1.54, 1.807) is 39.1 Å². The average molecular weight is 397 g/mol. The maximum Gasteiger partial charge on any atom is 0.420 e. The van der Waals surface area contributed by atoms with Gasteiger partial charge >= 0.3 is 6.09 Å². The lowest BCUT2D eigenvalue weighted by molar-refractivity contribution is -0.384. The van der Waals surface area contributed by atoms with Crippen LogP contribution in [0.15, 0.2) is 36.7 Å². The van der Waals surface area contributed by atoms with E-state index in [2.05, 4.69) is 15.3 Å². The minimum absolute atomic E-state index is 0.0305. The van der Waals surface area contributed by atoms with E-state index in [1.165, 1.54) is 22.9 Å². The van der Waals surface area contributed by atoms with Crippen molar-refractivity contribution in [1.82, 2.24) is 14.5 Å². The van der Waals surface area contributed by atoms with Crippen molar-refractivity contribution in [1.29, 1.82) is 0 Å². The van der Waals surface area contributed by atoms with Gasteiger partial charge in [-0.3, -0.25) is 10.1 Å². The standard InChI is InChI=1S/C20H23N5O4/c1-12-11-24(19(26)29-20(3,4)5)18-17(12)23-16(10-21-18)22-13(2)14-7-6-8-15(9-14)25(27)28/h6-11,13H,1-5H3,(H,22,23)/t13-/m0/s1. The second-order valence-electron chi connectivity index (χ2n) is 7.81. The molecule has 0 aliphatic rings. The van der Waals surface area contributed by atoms with E-state index < -0.39 is 16.6 Å². The number of aromatic nitrogens is 3. The number of carbonyl (C=O) groups is 1. The number of hydrogen-bond donors (Lipinski definition) is 1. The largest absolute Gasteiger partial charge is 0.443 e. The second-order valence-corrected chi connectivity index (χ2v) is 7.81. The number of anilines is 1. The summed E-state index contributed by atoms with van der Waals surface area (Å²) in [5.41, 5.74) is 1.93. The summed E-state index contributed by atoms with van der Waals surface area (Å²) in [7, 11) is 0. The normalized spacial score (nSPS) is 12.6. The molecule has 9 heteroatoms. The first-order chi connectivity index (χ1) is 13.5. The van der Waals surface area contributed by atoms with E-state index in [4.69, 9.17) is 4.74 Å². The van der Waals surface area contributed by atoms with Crippen molar-refractivity contribution in [2.75, 3.05) is 5.32 Å². The van der Waals surface area contributed by atoms with Gasteiger partial charge < -0.3 is 10.1 Å². The minimum Gasteiger partial charge on any atom is -0.443 e.